The molecule has 0 aliphatic rings. The third-order valence-corrected chi connectivity index (χ3v) is 3.04. The van der Waals surface area contributed by atoms with Crippen molar-refractivity contribution in [2.45, 2.75) is 20.0 Å². The average Bonchev–Trinajstić information content (AvgIpc) is 2.39. The molecule has 0 aliphatic heterocycles. The van der Waals surface area contributed by atoms with E-state index in [0.717, 1.165) is 5.56 Å². The van der Waals surface area contributed by atoms with E-state index in [0.29, 0.717) is 6.42 Å². The van der Waals surface area contributed by atoms with E-state index < -0.39 is 11.6 Å². The van der Waals surface area contributed by atoms with Gasteiger partial charge in [-0.1, -0.05) is 24.6 Å². The standard InChI is InChI=1S/C14H12ClF2NO/c1-2-9-6-13(17)14(18-7-9)19-8-10-11(15)4-3-5-12(10)16/h3-7H,2,8H2,1H3. The van der Waals surface area contributed by atoms with E-state index >= 15 is 0 Å². The molecule has 2 rings (SSSR count). The van der Waals surface area contributed by atoms with Crippen molar-refractivity contribution in [3.63, 3.8) is 0 Å². The van der Waals surface area contributed by atoms with Gasteiger partial charge in [-0.25, -0.2) is 13.8 Å². The third-order valence-electron chi connectivity index (χ3n) is 2.69. The summed E-state index contributed by atoms with van der Waals surface area (Å²) >= 11 is 5.85. The van der Waals surface area contributed by atoms with Gasteiger partial charge in [0, 0.05) is 11.8 Å². The molecule has 0 saturated carbocycles. The maximum absolute atomic E-state index is 13.6. The molecule has 0 amide bonds. The van der Waals surface area contributed by atoms with Gasteiger partial charge in [-0.15, -0.1) is 0 Å². The van der Waals surface area contributed by atoms with Crippen LogP contribution in [0.2, 0.25) is 5.02 Å². The second kappa shape index (κ2) is 5.97. The van der Waals surface area contributed by atoms with Crippen molar-refractivity contribution in [3.05, 3.63) is 58.2 Å². The van der Waals surface area contributed by atoms with Crippen molar-refractivity contribution in [1.82, 2.24) is 4.98 Å². The van der Waals surface area contributed by atoms with Gasteiger partial charge in [0.2, 0.25) is 0 Å². The molecular formula is C14H12ClF2NO. The molecule has 0 bridgehead atoms. The predicted molar refractivity (Wildman–Crippen MR) is 69.3 cm³/mol. The van der Waals surface area contributed by atoms with Crippen LogP contribution in [0.15, 0.2) is 30.5 Å². The highest BCUT2D eigenvalue weighted by molar-refractivity contribution is 6.31. The molecule has 0 unspecified atom stereocenters. The highest BCUT2D eigenvalue weighted by Crippen LogP contribution is 2.22. The van der Waals surface area contributed by atoms with Gasteiger partial charge >= 0.3 is 0 Å². The largest absolute Gasteiger partial charge is 0.471 e. The van der Waals surface area contributed by atoms with Crippen LogP contribution in [0.3, 0.4) is 0 Å². The summed E-state index contributed by atoms with van der Waals surface area (Å²) in [5.41, 5.74) is 0.957. The highest BCUT2D eigenvalue weighted by atomic mass is 35.5. The Balaban J connectivity index is 2.15. The van der Waals surface area contributed by atoms with Crippen LogP contribution >= 0.6 is 11.6 Å². The zero-order chi connectivity index (χ0) is 13.8. The van der Waals surface area contributed by atoms with Crippen LogP contribution < -0.4 is 4.74 Å². The SMILES string of the molecule is CCc1cnc(OCc2c(F)cccc2Cl)c(F)c1. The van der Waals surface area contributed by atoms with Crippen molar-refractivity contribution in [1.29, 1.82) is 0 Å². The summed E-state index contributed by atoms with van der Waals surface area (Å²) in [4.78, 5) is 3.86. The zero-order valence-electron chi connectivity index (χ0n) is 10.3. The fourth-order valence-electron chi connectivity index (χ4n) is 1.58. The van der Waals surface area contributed by atoms with Crippen LogP contribution in [0.1, 0.15) is 18.1 Å². The summed E-state index contributed by atoms with van der Waals surface area (Å²) in [7, 11) is 0. The minimum Gasteiger partial charge on any atom is -0.471 e. The number of aryl methyl sites for hydroxylation is 1. The van der Waals surface area contributed by atoms with Gasteiger partial charge < -0.3 is 4.74 Å². The lowest BCUT2D eigenvalue weighted by atomic mass is 10.2. The fraction of sp³-hybridized carbons (Fsp3) is 0.214. The number of aromatic nitrogens is 1. The Labute approximate surface area is 115 Å². The number of benzene rings is 1. The van der Waals surface area contributed by atoms with E-state index in [2.05, 4.69) is 4.98 Å². The van der Waals surface area contributed by atoms with E-state index in [-0.39, 0.29) is 23.1 Å². The van der Waals surface area contributed by atoms with Crippen molar-refractivity contribution in [3.8, 4) is 5.88 Å². The van der Waals surface area contributed by atoms with E-state index in [9.17, 15) is 8.78 Å². The molecular weight excluding hydrogens is 272 g/mol. The second-order valence-corrected chi connectivity index (χ2v) is 4.38. The van der Waals surface area contributed by atoms with Gasteiger partial charge in [-0.05, 0) is 30.2 Å². The Kier molecular flexibility index (Phi) is 4.32. The second-order valence-electron chi connectivity index (χ2n) is 3.97. The normalized spacial score (nSPS) is 10.5. The maximum atomic E-state index is 13.6. The first-order chi connectivity index (χ1) is 9.11. The molecule has 19 heavy (non-hydrogen) atoms. The number of rotatable bonds is 4. The Bertz CT molecular complexity index is 569. The Morgan fingerprint density at radius 1 is 1.26 bits per heavy atom. The number of hydrogen-bond acceptors (Lipinski definition) is 2. The summed E-state index contributed by atoms with van der Waals surface area (Å²) in [5, 5.41) is 0.241. The number of halogens is 3. The number of pyridine rings is 1. The molecule has 1 aromatic carbocycles. The smallest absolute Gasteiger partial charge is 0.250 e. The monoisotopic (exact) mass is 283 g/mol. The van der Waals surface area contributed by atoms with Gasteiger partial charge in [-0.3, -0.25) is 0 Å². The van der Waals surface area contributed by atoms with Crippen molar-refractivity contribution < 1.29 is 13.5 Å². The van der Waals surface area contributed by atoms with E-state index in [4.69, 9.17) is 16.3 Å². The molecule has 0 spiro atoms. The summed E-state index contributed by atoms with van der Waals surface area (Å²) in [5.74, 6) is -1.21. The lowest BCUT2D eigenvalue weighted by molar-refractivity contribution is 0.272. The third kappa shape index (κ3) is 3.20. The predicted octanol–water partition coefficient (Wildman–Crippen LogP) is 4.15. The molecule has 0 saturated heterocycles. The van der Waals surface area contributed by atoms with Crippen molar-refractivity contribution >= 4 is 11.6 Å². The van der Waals surface area contributed by atoms with Crippen LogP contribution in [0.4, 0.5) is 8.78 Å². The Morgan fingerprint density at radius 2 is 2.05 bits per heavy atom. The van der Waals surface area contributed by atoms with Crippen LogP contribution in [0.5, 0.6) is 5.88 Å². The topological polar surface area (TPSA) is 22.1 Å². The molecule has 0 N–H and O–H groups in total. The van der Waals surface area contributed by atoms with Crippen molar-refractivity contribution in [2.24, 2.45) is 0 Å². The summed E-state index contributed by atoms with van der Waals surface area (Å²) in [6.07, 6.45) is 2.21. The van der Waals surface area contributed by atoms with Crippen LogP contribution in [-0.2, 0) is 13.0 Å². The lowest BCUT2D eigenvalue weighted by Gasteiger charge is -2.09. The fourth-order valence-corrected chi connectivity index (χ4v) is 1.79. The van der Waals surface area contributed by atoms with Gasteiger partial charge in [0.15, 0.2) is 5.82 Å². The van der Waals surface area contributed by atoms with Crippen LogP contribution in [-0.4, -0.2) is 4.98 Å². The Morgan fingerprint density at radius 3 is 2.68 bits per heavy atom. The van der Waals surface area contributed by atoms with E-state index in [1.54, 1.807) is 6.07 Å². The minimum atomic E-state index is -0.563. The summed E-state index contributed by atoms with van der Waals surface area (Å²) < 4.78 is 32.3. The molecule has 0 radical (unpaired) electrons. The maximum Gasteiger partial charge on any atom is 0.250 e. The molecule has 0 aliphatic carbocycles. The molecule has 0 fully saturated rings. The average molecular weight is 284 g/mol. The molecule has 1 heterocycles. The molecule has 100 valence electrons. The van der Waals surface area contributed by atoms with Gasteiger partial charge in [0.05, 0.1) is 5.02 Å². The van der Waals surface area contributed by atoms with Crippen LogP contribution in [0, 0.1) is 11.6 Å². The van der Waals surface area contributed by atoms with Crippen LogP contribution in [0.25, 0.3) is 0 Å². The minimum absolute atomic E-state index is 0.156. The highest BCUT2D eigenvalue weighted by Gasteiger charge is 2.11. The zero-order valence-corrected chi connectivity index (χ0v) is 11.0. The summed E-state index contributed by atoms with van der Waals surface area (Å²) in [6, 6.07) is 5.67. The van der Waals surface area contributed by atoms with Crippen molar-refractivity contribution in [2.75, 3.05) is 0 Å². The lowest BCUT2D eigenvalue weighted by Crippen LogP contribution is -2.03. The summed E-state index contributed by atoms with van der Waals surface area (Å²) in [6.45, 7) is 1.73. The van der Waals surface area contributed by atoms with Gasteiger partial charge in [0.1, 0.15) is 12.4 Å². The number of hydrogen-bond donors (Lipinski definition) is 0. The first-order valence-electron chi connectivity index (χ1n) is 5.82. The first kappa shape index (κ1) is 13.7. The molecule has 2 nitrogen and oxygen atoms in total. The molecule has 2 aromatic rings. The first-order valence-corrected chi connectivity index (χ1v) is 6.19. The quantitative estimate of drug-likeness (QED) is 0.841. The van der Waals surface area contributed by atoms with Gasteiger partial charge in [-0.2, -0.15) is 0 Å². The number of ether oxygens (including phenoxy) is 1. The molecule has 5 heteroatoms. The van der Waals surface area contributed by atoms with E-state index in [1.165, 1.54) is 24.4 Å². The number of nitrogens with zero attached hydrogens (tertiary/aromatic N) is 1. The Hall–Kier alpha value is -1.68. The molecule has 0 atom stereocenters. The van der Waals surface area contributed by atoms with Gasteiger partial charge in [0.25, 0.3) is 5.88 Å². The molecule has 1 aromatic heterocycles. The van der Waals surface area contributed by atoms with E-state index in [1.807, 2.05) is 6.92 Å².